The number of methoxy groups -OCH3 is 2. The number of nitrogens with one attached hydrogen (secondary N) is 1. The summed E-state index contributed by atoms with van der Waals surface area (Å²) in [5.41, 5.74) is 3.77. The molecular weight excluding hydrogens is 474 g/mol. The predicted molar refractivity (Wildman–Crippen MR) is 145 cm³/mol. The molecule has 5 rings (SSSR count). The van der Waals surface area contributed by atoms with Gasteiger partial charge in [-0.1, -0.05) is 6.07 Å². The van der Waals surface area contributed by atoms with Gasteiger partial charge in [0.05, 0.1) is 30.2 Å². The zero-order valence-corrected chi connectivity index (χ0v) is 21.7. The summed E-state index contributed by atoms with van der Waals surface area (Å²) in [4.78, 5) is 28.5. The molecule has 186 valence electrons. The van der Waals surface area contributed by atoms with Gasteiger partial charge in [0.2, 0.25) is 0 Å². The van der Waals surface area contributed by atoms with Crippen molar-refractivity contribution in [1.29, 1.82) is 0 Å². The number of carbonyl (C=O) groups excluding carboxylic acids is 1. The number of rotatable bonds is 6. The van der Waals surface area contributed by atoms with Crippen LogP contribution in [-0.2, 0) is 0 Å². The van der Waals surface area contributed by atoms with Crippen LogP contribution in [0.25, 0.3) is 10.2 Å². The van der Waals surface area contributed by atoms with Crippen molar-refractivity contribution in [2.45, 2.75) is 13.8 Å². The maximum atomic E-state index is 13.3. The van der Waals surface area contributed by atoms with Gasteiger partial charge in [-0.3, -0.25) is 4.79 Å². The molecule has 0 unspecified atom stereocenters. The van der Waals surface area contributed by atoms with Gasteiger partial charge in [-0.2, -0.15) is 0 Å². The Morgan fingerprint density at radius 1 is 0.944 bits per heavy atom. The number of aromatic nitrogens is 2. The van der Waals surface area contributed by atoms with Crippen LogP contribution >= 0.6 is 11.3 Å². The largest absolute Gasteiger partial charge is 0.497 e. The molecule has 0 atom stereocenters. The van der Waals surface area contributed by atoms with Crippen LogP contribution in [0.2, 0.25) is 0 Å². The van der Waals surface area contributed by atoms with E-state index in [-0.39, 0.29) is 5.91 Å². The third-order valence-electron chi connectivity index (χ3n) is 6.53. The van der Waals surface area contributed by atoms with E-state index in [0.717, 1.165) is 59.1 Å². The molecule has 0 saturated carbocycles. The molecule has 9 heteroatoms. The fourth-order valence-corrected chi connectivity index (χ4v) is 5.62. The first-order chi connectivity index (χ1) is 17.5. The number of amides is 1. The van der Waals surface area contributed by atoms with Crippen LogP contribution in [0, 0.1) is 13.8 Å². The van der Waals surface area contributed by atoms with E-state index in [4.69, 9.17) is 9.47 Å². The predicted octanol–water partition coefficient (Wildman–Crippen LogP) is 4.90. The molecule has 0 spiro atoms. The van der Waals surface area contributed by atoms with E-state index in [1.165, 1.54) is 17.0 Å². The monoisotopic (exact) mass is 503 g/mol. The molecule has 1 saturated heterocycles. The molecule has 1 amide bonds. The minimum atomic E-state index is -0.172. The average Bonchev–Trinajstić information content (AvgIpc) is 3.26. The Labute approximate surface area is 214 Å². The minimum absolute atomic E-state index is 0.172. The van der Waals surface area contributed by atoms with E-state index in [1.807, 2.05) is 44.2 Å². The zero-order valence-electron chi connectivity index (χ0n) is 20.9. The Balaban J connectivity index is 1.37. The summed E-state index contributed by atoms with van der Waals surface area (Å²) >= 11 is 1.40. The van der Waals surface area contributed by atoms with Crippen molar-refractivity contribution in [3.8, 4) is 11.5 Å². The van der Waals surface area contributed by atoms with Crippen molar-refractivity contribution in [3.05, 3.63) is 64.8 Å². The number of piperazine rings is 1. The topological polar surface area (TPSA) is 79.8 Å². The number of fused-ring (bicyclic) bond motifs is 1. The normalized spacial score (nSPS) is 13.7. The summed E-state index contributed by atoms with van der Waals surface area (Å²) < 4.78 is 10.7. The highest BCUT2D eigenvalue weighted by atomic mass is 32.1. The summed E-state index contributed by atoms with van der Waals surface area (Å²) in [6.07, 6.45) is 1.59. The van der Waals surface area contributed by atoms with E-state index in [2.05, 4.69) is 37.2 Å². The number of nitrogens with zero attached hydrogens (tertiary/aromatic N) is 4. The van der Waals surface area contributed by atoms with Crippen molar-refractivity contribution in [2.24, 2.45) is 0 Å². The van der Waals surface area contributed by atoms with E-state index >= 15 is 0 Å². The van der Waals surface area contributed by atoms with Crippen LogP contribution in [-0.4, -0.2) is 56.3 Å². The van der Waals surface area contributed by atoms with E-state index in [9.17, 15) is 4.79 Å². The smallest absolute Gasteiger partial charge is 0.266 e. The van der Waals surface area contributed by atoms with Gasteiger partial charge in [0.25, 0.3) is 5.91 Å². The lowest BCUT2D eigenvalue weighted by Gasteiger charge is -2.37. The van der Waals surface area contributed by atoms with E-state index < -0.39 is 0 Å². The molecule has 0 aliphatic carbocycles. The molecular formula is C27H29N5O3S. The van der Waals surface area contributed by atoms with Crippen LogP contribution in [0.5, 0.6) is 11.5 Å². The van der Waals surface area contributed by atoms with Gasteiger partial charge < -0.3 is 24.6 Å². The number of aryl methyl sites for hydroxylation is 2. The van der Waals surface area contributed by atoms with Crippen molar-refractivity contribution in [1.82, 2.24) is 9.97 Å². The van der Waals surface area contributed by atoms with Gasteiger partial charge in [-0.05, 0) is 61.4 Å². The summed E-state index contributed by atoms with van der Waals surface area (Å²) in [5.74, 6) is 2.20. The third-order valence-corrected chi connectivity index (χ3v) is 7.73. The fraction of sp³-hybridized carbons (Fsp3) is 0.296. The Bertz CT molecular complexity index is 1390. The number of hydrogen-bond acceptors (Lipinski definition) is 8. The second-order valence-electron chi connectivity index (χ2n) is 8.76. The van der Waals surface area contributed by atoms with E-state index in [1.54, 1.807) is 20.5 Å². The first kappa shape index (κ1) is 23.9. The molecule has 2 aromatic carbocycles. The van der Waals surface area contributed by atoms with Crippen LogP contribution in [0.15, 0.2) is 48.8 Å². The number of benzene rings is 2. The summed E-state index contributed by atoms with van der Waals surface area (Å²) in [6.45, 7) is 7.37. The third kappa shape index (κ3) is 4.54. The molecule has 0 bridgehead atoms. The number of thiophene rings is 1. The van der Waals surface area contributed by atoms with Crippen molar-refractivity contribution >= 4 is 44.7 Å². The number of ether oxygens (including phenoxy) is 2. The van der Waals surface area contributed by atoms with Crippen molar-refractivity contribution < 1.29 is 14.3 Å². The molecule has 4 aromatic rings. The van der Waals surface area contributed by atoms with Gasteiger partial charge in [0.15, 0.2) is 0 Å². The molecule has 8 nitrogen and oxygen atoms in total. The first-order valence-electron chi connectivity index (χ1n) is 11.8. The lowest BCUT2D eigenvalue weighted by molar-refractivity contribution is 0.102. The van der Waals surface area contributed by atoms with Gasteiger partial charge in [-0.25, -0.2) is 9.97 Å². The second-order valence-corrected chi connectivity index (χ2v) is 9.76. The molecule has 1 aliphatic heterocycles. The molecule has 36 heavy (non-hydrogen) atoms. The SMILES string of the molecule is COc1ccc(N2CCN(c3ncnc4sc(C(=O)Nc5cc(C)ccc5OC)c(C)c34)CC2)cc1. The number of carbonyl (C=O) groups is 1. The molecule has 3 heterocycles. The molecule has 1 fully saturated rings. The molecule has 0 radical (unpaired) electrons. The average molecular weight is 504 g/mol. The Hall–Kier alpha value is -3.85. The van der Waals surface area contributed by atoms with E-state index in [0.29, 0.717) is 16.3 Å². The van der Waals surface area contributed by atoms with Crippen molar-refractivity contribution in [3.63, 3.8) is 0 Å². The van der Waals surface area contributed by atoms with Gasteiger partial charge >= 0.3 is 0 Å². The van der Waals surface area contributed by atoms with Crippen LogP contribution in [0.4, 0.5) is 17.2 Å². The Kier molecular flexibility index (Phi) is 6.65. The number of anilines is 3. The molecule has 2 aromatic heterocycles. The highest BCUT2D eigenvalue weighted by Gasteiger charge is 2.25. The van der Waals surface area contributed by atoms with Crippen LogP contribution in [0.1, 0.15) is 20.8 Å². The first-order valence-corrected chi connectivity index (χ1v) is 12.6. The lowest BCUT2D eigenvalue weighted by atomic mass is 10.1. The quantitative estimate of drug-likeness (QED) is 0.401. The van der Waals surface area contributed by atoms with Crippen molar-refractivity contribution in [2.75, 3.05) is 55.5 Å². The highest BCUT2D eigenvalue weighted by Crippen LogP contribution is 2.36. The minimum Gasteiger partial charge on any atom is -0.497 e. The zero-order chi connectivity index (χ0) is 25.2. The van der Waals surface area contributed by atoms with Gasteiger partial charge in [-0.15, -0.1) is 11.3 Å². The summed E-state index contributed by atoms with van der Waals surface area (Å²) in [7, 11) is 3.28. The summed E-state index contributed by atoms with van der Waals surface area (Å²) in [6, 6.07) is 13.9. The maximum absolute atomic E-state index is 13.3. The van der Waals surface area contributed by atoms with Gasteiger partial charge in [0.1, 0.15) is 28.5 Å². The summed E-state index contributed by atoms with van der Waals surface area (Å²) in [5, 5.41) is 3.97. The number of hydrogen-bond donors (Lipinski definition) is 1. The maximum Gasteiger partial charge on any atom is 0.266 e. The molecule has 1 aliphatic rings. The standard InChI is InChI=1S/C27H29N5O3S/c1-17-5-10-22(35-4)21(15-17)30-26(33)24-18(2)23-25(28-16-29-27(23)36-24)32-13-11-31(12-14-32)19-6-8-20(34-3)9-7-19/h5-10,15-16H,11-14H2,1-4H3,(H,30,33). The lowest BCUT2D eigenvalue weighted by Crippen LogP contribution is -2.46. The highest BCUT2D eigenvalue weighted by molar-refractivity contribution is 7.20. The second kappa shape index (κ2) is 10.0. The Morgan fingerprint density at radius 2 is 1.67 bits per heavy atom. The van der Waals surface area contributed by atoms with Gasteiger partial charge in [0, 0.05) is 31.9 Å². The Morgan fingerprint density at radius 3 is 2.36 bits per heavy atom. The van der Waals surface area contributed by atoms with Crippen LogP contribution < -0.4 is 24.6 Å². The van der Waals surface area contributed by atoms with Crippen LogP contribution in [0.3, 0.4) is 0 Å². The molecule has 1 N–H and O–H groups in total. The fourth-order valence-electron chi connectivity index (χ4n) is 4.58.